The van der Waals surface area contributed by atoms with Crippen molar-refractivity contribution in [3.05, 3.63) is 89.1 Å². The predicted molar refractivity (Wildman–Crippen MR) is 191 cm³/mol. The molecule has 0 aliphatic carbocycles. The minimum Gasteiger partial charge on any atom is -0.634 e. The standard InChI is InChI=1S/C36H35N11O5/c48-27-9-5-24(6-10-27)30-18-39-32-34(42-30)47(36(50)44-32,19-26-8-7-25(46(26)51)15-21-11-13-52-14-12-21)45-33-31(43-35(45)49)38-17-29(41-33)23-3-1-22(2-4-23)28-16-37-20-40-28/h1-6,9-10,16-18,20-21,25-26,46H,7-8,11-15,19H2,(H3-,37,38,39,40,41,42,43,44,48,49,50)/p+1. The van der Waals surface area contributed by atoms with E-state index in [1.54, 1.807) is 30.9 Å². The number of phenolic OH excluding ortho intramolecular Hbond substituents is 1. The number of imidazole rings is 2. The van der Waals surface area contributed by atoms with Crippen molar-refractivity contribution < 1.29 is 19.7 Å². The number of amides is 2. The normalized spacial score (nSPS) is 23.2. The molecule has 7 heterocycles. The number of carbonyl (C=O) groups is 1. The number of aromatic amines is 2. The molecule has 52 heavy (non-hydrogen) atoms. The smallest absolute Gasteiger partial charge is 0.454 e. The molecule has 16 nitrogen and oxygen atoms in total. The van der Waals surface area contributed by atoms with Crippen LogP contribution in [0.1, 0.15) is 32.1 Å². The average molecular weight is 703 g/mol. The van der Waals surface area contributed by atoms with Gasteiger partial charge in [0.25, 0.3) is 0 Å². The van der Waals surface area contributed by atoms with Crippen LogP contribution in [0.15, 0.2) is 78.2 Å². The van der Waals surface area contributed by atoms with Gasteiger partial charge in [0.05, 0.1) is 48.0 Å². The number of hydrogen-bond acceptors (Lipinski definition) is 10. The molecule has 4 atom stereocenters. The zero-order valence-corrected chi connectivity index (χ0v) is 28.0. The van der Waals surface area contributed by atoms with Crippen LogP contribution in [0, 0.1) is 11.1 Å². The predicted octanol–water partition coefficient (Wildman–Crippen LogP) is 3.39. The van der Waals surface area contributed by atoms with Crippen LogP contribution in [0.3, 0.4) is 0 Å². The maximum absolute atomic E-state index is 14.5. The summed E-state index contributed by atoms with van der Waals surface area (Å²) < 4.78 is 6.04. The molecular formula is C36H36N11O5+. The van der Waals surface area contributed by atoms with Gasteiger partial charge in [0.2, 0.25) is 11.5 Å². The van der Waals surface area contributed by atoms with Crippen LogP contribution in [-0.2, 0) is 4.74 Å². The molecule has 16 heteroatoms. The Kier molecular flexibility index (Phi) is 7.88. The fourth-order valence-electron chi connectivity index (χ4n) is 7.92. The summed E-state index contributed by atoms with van der Waals surface area (Å²) in [6.07, 6.45) is 10.4. The second kappa shape index (κ2) is 12.8. The highest BCUT2D eigenvalue weighted by molar-refractivity contribution is 6.06. The molecule has 0 radical (unpaired) electrons. The number of carbonyl (C=O) groups excluding carboxylic acids is 1. The number of anilines is 1. The Morgan fingerprint density at radius 3 is 2.33 bits per heavy atom. The van der Waals surface area contributed by atoms with E-state index in [1.165, 1.54) is 23.0 Å². The van der Waals surface area contributed by atoms with Crippen LogP contribution in [-0.4, -0.2) is 82.5 Å². The van der Waals surface area contributed by atoms with Crippen LogP contribution in [0.5, 0.6) is 5.75 Å². The number of H-pyrrole nitrogens is 2. The van der Waals surface area contributed by atoms with E-state index in [-0.39, 0.29) is 46.3 Å². The molecule has 0 saturated carbocycles. The van der Waals surface area contributed by atoms with E-state index >= 15 is 0 Å². The summed E-state index contributed by atoms with van der Waals surface area (Å²) in [6, 6.07) is 12.9. The summed E-state index contributed by atoms with van der Waals surface area (Å²) >= 11 is 0. The maximum atomic E-state index is 14.5. The van der Waals surface area contributed by atoms with E-state index in [0.29, 0.717) is 48.9 Å². The minimum atomic E-state index is -0.773. The van der Waals surface area contributed by atoms with Gasteiger partial charge in [-0.25, -0.2) is 34.8 Å². The number of nitrogens with zero attached hydrogens (tertiary/aromatic N) is 7. The quantitative estimate of drug-likeness (QED) is 0.116. The first-order valence-corrected chi connectivity index (χ1v) is 17.4. The molecule has 2 amide bonds. The van der Waals surface area contributed by atoms with E-state index in [2.05, 4.69) is 30.2 Å². The largest absolute Gasteiger partial charge is 0.634 e. The van der Waals surface area contributed by atoms with Gasteiger partial charge in [-0.05, 0) is 48.6 Å². The van der Waals surface area contributed by atoms with Crippen molar-refractivity contribution in [2.45, 2.75) is 44.2 Å². The summed E-state index contributed by atoms with van der Waals surface area (Å²) in [6.45, 7) is 1.34. The Morgan fingerprint density at radius 2 is 1.58 bits per heavy atom. The van der Waals surface area contributed by atoms with Gasteiger partial charge >= 0.3 is 17.5 Å². The third kappa shape index (κ3) is 5.43. The van der Waals surface area contributed by atoms with Gasteiger partial charge < -0.3 is 25.1 Å². The van der Waals surface area contributed by atoms with E-state index in [1.807, 2.05) is 24.3 Å². The number of ether oxygens (including phenoxy) is 1. The molecule has 3 aliphatic rings. The second-order valence-electron chi connectivity index (χ2n) is 13.7. The lowest BCUT2D eigenvalue weighted by molar-refractivity contribution is -0.886. The van der Waals surface area contributed by atoms with Gasteiger partial charge in [0, 0.05) is 43.6 Å². The zero-order chi connectivity index (χ0) is 35.4. The summed E-state index contributed by atoms with van der Waals surface area (Å²) in [5, 5.41) is 27.0. The third-order valence-corrected chi connectivity index (χ3v) is 10.6. The number of fused-ring (bicyclic) bond motifs is 2. The van der Waals surface area contributed by atoms with Crippen molar-refractivity contribution in [1.29, 1.82) is 0 Å². The van der Waals surface area contributed by atoms with Crippen molar-refractivity contribution in [2.24, 2.45) is 5.92 Å². The van der Waals surface area contributed by atoms with Crippen molar-refractivity contribution in [3.63, 3.8) is 0 Å². The molecule has 9 rings (SSSR count). The zero-order valence-electron chi connectivity index (χ0n) is 28.0. The van der Waals surface area contributed by atoms with Crippen molar-refractivity contribution in [1.82, 2.24) is 44.2 Å². The van der Waals surface area contributed by atoms with Crippen LogP contribution < -0.4 is 20.7 Å². The van der Waals surface area contributed by atoms with Crippen LogP contribution in [0.4, 0.5) is 16.4 Å². The number of benzene rings is 2. The molecule has 4 aromatic heterocycles. The fraction of sp³-hybridized carbons (Fsp3) is 0.306. The molecule has 2 fully saturated rings. The first-order valence-electron chi connectivity index (χ1n) is 17.4. The minimum absolute atomic E-state index is 0.0622. The molecule has 0 spiro atoms. The Labute approximate surface area is 296 Å². The number of hydroxylamine groups is 2. The Morgan fingerprint density at radius 1 is 0.885 bits per heavy atom. The van der Waals surface area contributed by atoms with Crippen LogP contribution in [0.25, 0.3) is 45.1 Å². The van der Waals surface area contributed by atoms with Gasteiger partial charge in [-0.1, -0.05) is 33.5 Å². The van der Waals surface area contributed by atoms with E-state index in [9.17, 15) is 19.9 Å². The SMILES string of the molecule is O=C1Nc2ncc(-c3ccc(O)cc3)nc2[N+]1(CC1CCC(CC2CCOCC2)[NH+]1[O-])n1c(=O)[nH]c2ncc(-c3ccc(-c4cnc[nH]4)cc3)nc21. The Hall–Kier alpha value is -5.81. The lowest BCUT2D eigenvalue weighted by atomic mass is 9.92. The lowest BCUT2D eigenvalue weighted by Crippen LogP contribution is -3.13. The number of urea groups is 1. The van der Waals surface area contributed by atoms with Gasteiger partial charge in [-0.15, -0.1) is 0 Å². The summed E-state index contributed by atoms with van der Waals surface area (Å²) in [5.41, 5.74) is 3.76. The van der Waals surface area contributed by atoms with E-state index in [0.717, 1.165) is 36.1 Å². The van der Waals surface area contributed by atoms with Crippen molar-refractivity contribution in [3.8, 4) is 39.5 Å². The number of nitrogens with one attached hydrogen (secondary N) is 4. The van der Waals surface area contributed by atoms with Crippen molar-refractivity contribution in [2.75, 3.05) is 25.1 Å². The molecular weight excluding hydrogens is 666 g/mol. The molecule has 264 valence electrons. The monoisotopic (exact) mass is 702 g/mol. The molecule has 3 aliphatic heterocycles. The average Bonchev–Trinajstić information content (AvgIpc) is 3.95. The first-order chi connectivity index (χ1) is 25.4. The highest BCUT2D eigenvalue weighted by Crippen LogP contribution is 2.39. The Bertz CT molecular complexity index is 2320. The lowest BCUT2D eigenvalue weighted by Gasteiger charge is -2.36. The summed E-state index contributed by atoms with van der Waals surface area (Å²) in [4.78, 5) is 57.6. The van der Waals surface area contributed by atoms with Crippen LogP contribution in [0.2, 0.25) is 0 Å². The van der Waals surface area contributed by atoms with Crippen molar-refractivity contribution >= 4 is 29.0 Å². The molecule has 2 aromatic carbocycles. The molecule has 6 aromatic rings. The fourth-order valence-corrected chi connectivity index (χ4v) is 7.92. The first kappa shape index (κ1) is 32.1. The van der Waals surface area contributed by atoms with E-state index < -0.39 is 22.4 Å². The van der Waals surface area contributed by atoms with Gasteiger partial charge in [-0.2, -0.15) is 4.98 Å². The number of hydrogen-bond donors (Lipinski definition) is 5. The summed E-state index contributed by atoms with van der Waals surface area (Å²) in [5.74, 6) is 0.843. The highest BCUT2D eigenvalue weighted by atomic mass is 16.5. The second-order valence-corrected chi connectivity index (χ2v) is 13.7. The number of quaternary nitrogens is 2. The number of phenols is 1. The number of rotatable bonds is 8. The molecule has 4 unspecified atom stereocenters. The molecule has 0 bridgehead atoms. The molecule has 2 saturated heterocycles. The summed E-state index contributed by atoms with van der Waals surface area (Å²) in [7, 11) is 0. The molecule has 5 N–H and O–H groups in total. The van der Waals surface area contributed by atoms with Crippen LogP contribution >= 0.6 is 0 Å². The third-order valence-electron chi connectivity index (χ3n) is 10.6. The van der Waals surface area contributed by atoms with Gasteiger partial charge in [-0.3, -0.25) is 4.98 Å². The van der Waals surface area contributed by atoms with Gasteiger partial charge in [0.15, 0.2) is 12.2 Å². The van der Waals surface area contributed by atoms with Gasteiger partial charge in [0.1, 0.15) is 11.8 Å². The number of aromatic nitrogens is 8. The Balaban J connectivity index is 1.16. The topological polar surface area (TPSA) is 204 Å². The van der Waals surface area contributed by atoms with E-state index in [4.69, 9.17) is 14.7 Å². The maximum Gasteiger partial charge on any atom is 0.454 e. The number of aromatic hydroxyl groups is 1. The highest BCUT2D eigenvalue weighted by Gasteiger charge is 2.58.